The molecule has 2 aromatic heterocycles. The molecular formula is C16H16N4. The maximum absolute atomic E-state index is 4.55. The van der Waals surface area contributed by atoms with E-state index in [1.54, 1.807) is 0 Å². The molecule has 0 saturated heterocycles. The van der Waals surface area contributed by atoms with Crippen molar-refractivity contribution in [2.24, 2.45) is 0 Å². The maximum Gasteiger partial charge on any atom is 0.138 e. The number of aromatic nitrogens is 3. The van der Waals surface area contributed by atoms with Crippen molar-refractivity contribution in [3.05, 3.63) is 54.5 Å². The lowest BCUT2D eigenvalue weighted by atomic mass is 10.2. The Labute approximate surface area is 117 Å². The summed E-state index contributed by atoms with van der Waals surface area (Å²) >= 11 is 0. The van der Waals surface area contributed by atoms with Crippen LogP contribution in [0.4, 0.5) is 0 Å². The summed E-state index contributed by atoms with van der Waals surface area (Å²) in [5.74, 6) is 0.911. The number of pyridine rings is 1. The van der Waals surface area contributed by atoms with Gasteiger partial charge in [0.1, 0.15) is 12.1 Å². The molecule has 1 N–H and O–H groups in total. The molecule has 2 heterocycles. The third-order valence-corrected chi connectivity index (χ3v) is 3.68. The first-order chi connectivity index (χ1) is 9.90. The van der Waals surface area contributed by atoms with Crippen molar-refractivity contribution in [1.82, 2.24) is 19.9 Å². The number of hydrogen-bond donors (Lipinski definition) is 1. The topological polar surface area (TPSA) is 42.7 Å². The molecule has 4 rings (SSSR count). The maximum atomic E-state index is 4.55. The summed E-state index contributed by atoms with van der Waals surface area (Å²) in [5, 5.41) is 3.50. The highest BCUT2D eigenvalue weighted by Crippen LogP contribution is 2.20. The van der Waals surface area contributed by atoms with Gasteiger partial charge in [0.2, 0.25) is 0 Å². The van der Waals surface area contributed by atoms with Gasteiger partial charge in [-0.1, -0.05) is 18.2 Å². The number of nitrogens with zero attached hydrogens (tertiary/aromatic N) is 3. The van der Waals surface area contributed by atoms with Crippen LogP contribution in [0.1, 0.15) is 18.4 Å². The number of hydrogen-bond acceptors (Lipinski definition) is 3. The first kappa shape index (κ1) is 11.6. The minimum atomic E-state index is 0.729. The van der Waals surface area contributed by atoms with E-state index in [2.05, 4.69) is 33.5 Å². The van der Waals surface area contributed by atoms with Crippen LogP contribution in [0.25, 0.3) is 16.9 Å². The third-order valence-electron chi connectivity index (χ3n) is 3.68. The lowest BCUT2D eigenvalue weighted by Gasteiger charge is -2.06. The molecule has 0 radical (unpaired) electrons. The Morgan fingerprint density at radius 1 is 1.10 bits per heavy atom. The standard InChI is InChI=1S/C16H16N4/c1-2-4-15-14(3-1)19-11-20(15)16-8-5-12(10-18-16)9-17-13-6-7-13/h1-5,8,10-11,13,17H,6-7,9H2. The third kappa shape index (κ3) is 2.18. The Kier molecular flexibility index (Phi) is 2.74. The first-order valence-corrected chi connectivity index (χ1v) is 7.01. The molecule has 1 fully saturated rings. The van der Waals surface area contributed by atoms with Crippen LogP contribution in [-0.2, 0) is 6.54 Å². The second-order valence-electron chi connectivity index (χ2n) is 5.28. The zero-order valence-electron chi connectivity index (χ0n) is 11.2. The van der Waals surface area contributed by atoms with E-state index < -0.39 is 0 Å². The van der Waals surface area contributed by atoms with E-state index in [9.17, 15) is 0 Å². The lowest BCUT2D eigenvalue weighted by molar-refractivity contribution is 0.685. The number of rotatable bonds is 4. The Morgan fingerprint density at radius 3 is 2.80 bits per heavy atom. The van der Waals surface area contributed by atoms with Crippen LogP contribution in [0.5, 0.6) is 0 Å². The molecule has 1 aliphatic rings. The second kappa shape index (κ2) is 4.72. The smallest absolute Gasteiger partial charge is 0.138 e. The highest BCUT2D eigenvalue weighted by molar-refractivity contribution is 5.76. The lowest BCUT2D eigenvalue weighted by Crippen LogP contribution is -2.15. The molecule has 4 heteroatoms. The number of para-hydroxylation sites is 2. The van der Waals surface area contributed by atoms with E-state index in [1.807, 2.05) is 35.3 Å². The number of imidazole rings is 1. The van der Waals surface area contributed by atoms with Gasteiger partial charge in [-0.15, -0.1) is 0 Å². The normalized spacial score (nSPS) is 14.8. The van der Waals surface area contributed by atoms with Crippen LogP contribution in [0.15, 0.2) is 48.9 Å². The van der Waals surface area contributed by atoms with Crippen LogP contribution in [0.2, 0.25) is 0 Å². The Morgan fingerprint density at radius 2 is 2.00 bits per heavy atom. The summed E-state index contributed by atoms with van der Waals surface area (Å²) in [7, 11) is 0. The molecule has 0 bridgehead atoms. The molecule has 1 aromatic carbocycles. The van der Waals surface area contributed by atoms with Crippen molar-refractivity contribution >= 4 is 11.0 Å². The van der Waals surface area contributed by atoms with E-state index in [0.717, 1.165) is 29.4 Å². The largest absolute Gasteiger partial charge is 0.310 e. The van der Waals surface area contributed by atoms with Crippen LogP contribution in [0, 0.1) is 0 Å². The number of fused-ring (bicyclic) bond motifs is 1. The second-order valence-corrected chi connectivity index (χ2v) is 5.28. The zero-order valence-corrected chi connectivity index (χ0v) is 11.2. The van der Waals surface area contributed by atoms with E-state index in [4.69, 9.17) is 0 Å². The fraction of sp³-hybridized carbons (Fsp3) is 0.250. The fourth-order valence-electron chi connectivity index (χ4n) is 2.36. The van der Waals surface area contributed by atoms with Crippen molar-refractivity contribution < 1.29 is 0 Å². The van der Waals surface area contributed by atoms with Gasteiger partial charge in [-0.05, 0) is 36.6 Å². The Hall–Kier alpha value is -2.20. The SMILES string of the molecule is c1ccc2c(c1)ncn2-c1ccc(CNC2CC2)cn1. The molecule has 3 aromatic rings. The van der Waals surface area contributed by atoms with Crippen LogP contribution in [0.3, 0.4) is 0 Å². The van der Waals surface area contributed by atoms with E-state index in [1.165, 1.54) is 18.4 Å². The molecule has 0 unspecified atom stereocenters. The molecule has 0 spiro atoms. The fourth-order valence-corrected chi connectivity index (χ4v) is 2.36. The Balaban J connectivity index is 1.61. The monoisotopic (exact) mass is 264 g/mol. The van der Waals surface area contributed by atoms with Crippen LogP contribution < -0.4 is 5.32 Å². The minimum absolute atomic E-state index is 0.729. The van der Waals surface area contributed by atoms with E-state index in [0.29, 0.717) is 0 Å². The molecule has 4 nitrogen and oxygen atoms in total. The summed E-state index contributed by atoms with van der Waals surface area (Å²) < 4.78 is 2.02. The predicted molar refractivity (Wildman–Crippen MR) is 78.7 cm³/mol. The summed E-state index contributed by atoms with van der Waals surface area (Å²) in [6.07, 6.45) is 6.40. The van der Waals surface area contributed by atoms with Gasteiger partial charge < -0.3 is 5.32 Å². The van der Waals surface area contributed by atoms with Gasteiger partial charge in [-0.25, -0.2) is 9.97 Å². The molecular weight excluding hydrogens is 248 g/mol. The predicted octanol–water partition coefficient (Wildman–Crippen LogP) is 2.67. The molecule has 1 saturated carbocycles. The molecule has 1 aliphatic carbocycles. The summed E-state index contributed by atoms with van der Waals surface area (Å²) in [6, 6.07) is 13.0. The summed E-state index contributed by atoms with van der Waals surface area (Å²) in [6.45, 7) is 0.905. The van der Waals surface area contributed by atoms with Gasteiger partial charge in [-0.2, -0.15) is 0 Å². The van der Waals surface area contributed by atoms with Gasteiger partial charge in [-0.3, -0.25) is 4.57 Å². The molecule has 0 atom stereocenters. The molecule has 0 aliphatic heterocycles. The van der Waals surface area contributed by atoms with Crippen molar-refractivity contribution in [3.63, 3.8) is 0 Å². The van der Waals surface area contributed by atoms with Crippen molar-refractivity contribution in [2.75, 3.05) is 0 Å². The van der Waals surface area contributed by atoms with E-state index in [-0.39, 0.29) is 0 Å². The molecule has 20 heavy (non-hydrogen) atoms. The van der Waals surface area contributed by atoms with E-state index >= 15 is 0 Å². The Bertz CT molecular complexity index is 726. The van der Waals surface area contributed by atoms with Crippen LogP contribution in [-0.4, -0.2) is 20.6 Å². The quantitative estimate of drug-likeness (QED) is 0.788. The number of nitrogens with one attached hydrogen (secondary N) is 1. The van der Waals surface area contributed by atoms with Crippen molar-refractivity contribution in [2.45, 2.75) is 25.4 Å². The zero-order chi connectivity index (χ0) is 13.4. The van der Waals surface area contributed by atoms with Gasteiger partial charge in [0.25, 0.3) is 0 Å². The molecule has 100 valence electrons. The summed E-state index contributed by atoms with van der Waals surface area (Å²) in [5.41, 5.74) is 3.31. The average Bonchev–Trinajstić information content (AvgIpc) is 3.23. The van der Waals surface area contributed by atoms with Gasteiger partial charge in [0.15, 0.2) is 0 Å². The van der Waals surface area contributed by atoms with Gasteiger partial charge >= 0.3 is 0 Å². The van der Waals surface area contributed by atoms with Gasteiger partial charge in [0, 0.05) is 18.8 Å². The summed E-state index contributed by atoms with van der Waals surface area (Å²) in [4.78, 5) is 8.95. The highest BCUT2D eigenvalue weighted by atomic mass is 15.1. The van der Waals surface area contributed by atoms with Crippen molar-refractivity contribution in [3.8, 4) is 5.82 Å². The van der Waals surface area contributed by atoms with Gasteiger partial charge in [0.05, 0.1) is 11.0 Å². The molecule has 0 amide bonds. The van der Waals surface area contributed by atoms with Crippen molar-refractivity contribution in [1.29, 1.82) is 0 Å². The minimum Gasteiger partial charge on any atom is -0.310 e. The highest BCUT2D eigenvalue weighted by Gasteiger charge is 2.19. The first-order valence-electron chi connectivity index (χ1n) is 7.01. The van der Waals surface area contributed by atoms with Crippen LogP contribution >= 0.6 is 0 Å². The average molecular weight is 264 g/mol. The number of benzene rings is 1.